The molecule has 2 heterocycles. The molecule has 0 aliphatic carbocycles. The third-order valence-corrected chi connectivity index (χ3v) is 3.74. The number of hydrogen-bond donors (Lipinski definition) is 1. The van der Waals surface area contributed by atoms with Gasteiger partial charge in [0.1, 0.15) is 16.3 Å². The maximum absolute atomic E-state index is 12.7. The highest BCUT2D eigenvalue weighted by Gasteiger charge is 2.35. The molecule has 25 heavy (non-hydrogen) atoms. The lowest BCUT2D eigenvalue weighted by Gasteiger charge is -2.34. The minimum absolute atomic E-state index is 0.00552. The van der Waals surface area contributed by atoms with E-state index < -0.39 is 28.6 Å². The van der Waals surface area contributed by atoms with Crippen molar-refractivity contribution in [1.29, 1.82) is 0 Å². The van der Waals surface area contributed by atoms with Crippen molar-refractivity contribution >= 4 is 23.6 Å². The zero-order valence-electron chi connectivity index (χ0n) is 14.2. The van der Waals surface area contributed by atoms with Gasteiger partial charge in [-0.05, 0) is 33.6 Å². The van der Waals surface area contributed by atoms with Crippen molar-refractivity contribution in [3.05, 3.63) is 16.9 Å². The van der Waals surface area contributed by atoms with E-state index in [1.807, 2.05) is 0 Å². The Kier molecular flexibility index (Phi) is 5.65. The van der Waals surface area contributed by atoms with Crippen molar-refractivity contribution in [3.63, 3.8) is 0 Å². The van der Waals surface area contributed by atoms with Crippen LogP contribution in [0.15, 0.2) is 6.20 Å². The van der Waals surface area contributed by atoms with Gasteiger partial charge in [-0.1, -0.05) is 11.6 Å². The van der Waals surface area contributed by atoms with E-state index in [-0.39, 0.29) is 12.0 Å². The summed E-state index contributed by atoms with van der Waals surface area (Å²) in [4.78, 5) is 21.0. The molecule has 1 amide bonds. The topological polar surface area (TPSA) is 67.3 Å². The first-order valence-corrected chi connectivity index (χ1v) is 8.18. The second kappa shape index (κ2) is 7.23. The normalized spacial score (nSPS) is 18.8. The molecule has 0 saturated carbocycles. The molecule has 0 bridgehead atoms. The minimum atomic E-state index is -4.60. The number of hydrogen-bond acceptors (Lipinski definition) is 5. The summed E-state index contributed by atoms with van der Waals surface area (Å²) in [6, 6.07) is -0.200. The number of nitrogens with one attached hydrogen (secondary N) is 1. The van der Waals surface area contributed by atoms with Crippen molar-refractivity contribution in [2.45, 2.75) is 51.4 Å². The van der Waals surface area contributed by atoms with Crippen LogP contribution in [0.1, 0.15) is 39.2 Å². The molecule has 1 aromatic rings. The first kappa shape index (κ1) is 19.6. The largest absolute Gasteiger partial charge is 0.444 e. The lowest BCUT2D eigenvalue weighted by atomic mass is 10.1. The van der Waals surface area contributed by atoms with Crippen LogP contribution in [0.2, 0.25) is 5.15 Å². The molecule has 1 aromatic heterocycles. The van der Waals surface area contributed by atoms with Crippen LogP contribution in [0.4, 0.5) is 23.9 Å². The van der Waals surface area contributed by atoms with E-state index in [0.29, 0.717) is 19.3 Å². The van der Waals surface area contributed by atoms with Crippen molar-refractivity contribution in [2.24, 2.45) is 0 Å². The number of ether oxygens (including phenoxy) is 1. The van der Waals surface area contributed by atoms with E-state index in [2.05, 4.69) is 15.3 Å². The zero-order valence-corrected chi connectivity index (χ0v) is 14.9. The molecule has 1 saturated heterocycles. The van der Waals surface area contributed by atoms with E-state index in [4.69, 9.17) is 16.3 Å². The predicted molar refractivity (Wildman–Crippen MR) is 86.5 cm³/mol. The number of piperidine rings is 1. The maximum atomic E-state index is 12.7. The Morgan fingerprint density at radius 3 is 2.64 bits per heavy atom. The summed E-state index contributed by atoms with van der Waals surface area (Å²) in [5.41, 5.74) is -1.68. The van der Waals surface area contributed by atoms with Gasteiger partial charge in [-0.3, -0.25) is 0 Å². The SMILES string of the molecule is CC(C)(C)OC(=O)N1CCCC(Nc2ncc(C(F)(F)F)c(Cl)n2)C1. The number of carbonyl (C=O) groups excluding carboxylic acids is 1. The second-order valence-corrected chi connectivity index (χ2v) is 7.16. The molecule has 140 valence electrons. The lowest BCUT2D eigenvalue weighted by molar-refractivity contribution is -0.137. The van der Waals surface area contributed by atoms with Gasteiger partial charge in [0.25, 0.3) is 0 Å². The van der Waals surface area contributed by atoms with Gasteiger partial charge < -0.3 is 15.0 Å². The fourth-order valence-corrected chi connectivity index (χ4v) is 2.63. The van der Waals surface area contributed by atoms with Gasteiger partial charge in [-0.2, -0.15) is 13.2 Å². The van der Waals surface area contributed by atoms with Gasteiger partial charge in [0.2, 0.25) is 5.95 Å². The molecule has 0 radical (unpaired) electrons. The number of halogens is 4. The zero-order chi connectivity index (χ0) is 18.8. The lowest BCUT2D eigenvalue weighted by Crippen LogP contribution is -2.47. The summed E-state index contributed by atoms with van der Waals surface area (Å²) in [7, 11) is 0. The van der Waals surface area contributed by atoms with Crippen LogP contribution < -0.4 is 5.32 Å². The number of amides is 1. The Hall–Kier alpha value is -1.77. The summed E-state index contributed by atoms with van der Waals surface area (Å²) in [6.45, 7) is 6.24. The van der Waals surface area contributed by atoms with Gasteiger partial charge in [-0.15, -0.1) is 0 Å². The van der Waals surface area contributed by atoms with Gasteiger partial charge in [0, 0.05) is 25.3 Å². The molecule has 1 unspecified atom stereocenters. The van der Waals surface area contributed by atoms with Crippen LogP contribution in [0.5, 0.6) is 0 Å². The minimum Gasteiger partial charge on any atom is -0.444 e. The Balaban J connectivity index is 2.01. The van der Waals surface area contributed by atoms with Crippen LogP contribution in [-0.2, 0) is 10.9 Å². The number of likely N-dealkylation sites (tertiary alicyclic amines) is 1. The number of nitrogens with zero attached hydrogens (tertiary/aromatic N) is 3. The number of rotatable bonds is 2. The summed E-state index contributed by atoms with van der Waals surface area (Å²) < 4.78 is 43.3. The average molecular weight is 381 g/mol. The smallest absolute Gasteiger partial charge is 0.420 e. The Morgan fingerprint density at radius 2 is 2.08 bits per heavy atom. The fourth-order valence-electron chi connectivity index (χ4n) is 2.39. The molecule has 1 aliphatic rings. The molecule has 1 atom stereocenters. The third kappa shape index (κ3) is 5.62. The molecule has 10 heteroatoms. The Bertz CT molecular complexity index is 634. The van der Waals surface area contributed by atoms with Crippen LogP contribution in [-0.4, -0.2) is 45.7 Å². The highest BCUT2D eigenvalue weighted by atomic mass is 35.5. The first-order valence-electron chi connectivity index (χ1n) is 7.80. The molecule has 0 spiro atoms. The number of anilines is 1. The molecular weight excluding hydrogens is 361 g/mol. The van der Waals surface area contributed by atoms with Crippen LogP contribution in [0.25, 0.3) is 0 Å². The van der Waals surface area contributed by atoms with Gasteiger partial charge in [-0.25, -0.2) is 14.8 Å². The van der Waals surface area contributed by atoms with Crippen molar-refractivity contribution in [1.82, 2.24) is 14.9 Å². The summed E-state index contributed by atoms with van der Waals surface area (Å²) in [5, 5.41) is 2.26. The quantitative estimate of drug-likeness (QED) is 0.786. The fraction of sp³-hybridized carbons (Fsp3) is 0.667. The summed E-state index contributed by atoms with van der Waals surface area (Å²) >= 11 is 5.59. The standard InChI is InChI=1S/C15H20ClF3N4O2/c1-14(2,3)25-13(24)23-6-4-5-9(8-23)21-12-20-7-10(11(16)22-12)15(17,18)19/h7,9H,4-6,8H2,1-3H3,(H,20,21,22). The van der Waals surface area contributed by atoms with Crippen molar-refractivity contribution in [3.8, 4) is 0 Å². The summed E-state index contributed by atoms with van der Waals surface area (Å²) in [6.07, 6.45) is -2.93. The van der Waals surface area contributed by atoms with E-state index in [1.54, 1.807) is 25.7 Å². The van der Waals surface area contributed by atoms with Gasteiger partial charge in [0.05, 0.1) is 0 Å². The molecule has 1 N–H and O–H groups in total. The van der Waals surface area contributed by atoms with E-state index in [1.165, 1.54) is 0 Å². The first-order chi connectivity index (χ1) is 11.5. The number of aromatic nitrogens is 2. The highest BCUT2D eigenvalue weighted by Crippen LogP contribution is 2.33. The van der Waals surface area contributed by atoms with Crippen LogP contribution in [0.3, 0.4) is 0 Å². The van der Waals surface area contributed by atoms with Gasteiger partial charge in [0.15, 0.2) is 0 Å². The molecule has 1 fully saturated rings. The average Bonchev–Trinajstić information content (AvgIpc) is 2.44. The van der Waals surface area contributed by atoms with Crippen molar-refractivity contribution in [2.75, 3.05) is 18.4 Å². The van der Waals surface area contributed by atoms with Crippen LogP contribution in [0, 0.1) is 0 Å². The van der Waals surface area contributed by atoms with E-state index >= 15 is 0 Å². The van der Waals surface area contributed by atoms with Crippen LogP contribution >= 0.6 is 11.6 Å². The molecule has 2 rings (SSSR count). The molecule has 6 nitrogen and oxygen atoms in total. The number of carbonyl (C=O) groups is 1. The molecular formula is C15H20ClF3N4O2. The molecule has 0 aromatic carbocycles. The summed E-state index contributed by atoms with van der Waals surface area (Å²) in [5.74, 6) is -0.00552. The highest BCUT2D eigenvalue weighted by molar-refractivity contribution is 6.30. The monoisotopic (exact) mass is 380 g/mol. The Morgan fingerprint density at radius 1 is 1.40 bits per heavy atom. The third-order valence-electron chi connectivity index (χ3n) is 3.45. The second-order valence-electron chi connectivity index (χ2n) is 6.81. The Labute approximate surface area is 148 Å². The number of alkyl halides is 3. The van der Waals surface area contributed by atoms with Gasteiger partial charge >= 0.3 is 12.3 Å². The van der Waals surface area contributed by atoms with E-state index in [0.717, 1.165) is 12.8 Å². The van der Waals surface area contributed by atoms with Crippen molar-refractivity contribution < 1.29 is 22.7 Å². The van der Waals surface area contributed by atoms with E-state index in [9.17, 15) is 18.0 Å². The predicted octanol–water partition coefficient (Wildman–Crippen LogP) is 3.96. The maximum Gasteiger partial charge on any atom is 0.420 e. The molecule has 1 aliphatic heterocycles.